The summed E-state index contributed by atoms with van der Waals surface area (Å²) in [5.74, 6) is -5.94. The Balaban J connectivity index is 2.21. The lowest BCUT2D eigenvalue weighted by molar-refractivity contribution is 0.459. The first-order valence-corrected chi connectivity index (χ1v) is 5.30. The maximum Gasteiger partial charge on any atom is 0.185 e. The summed E-state index contributed by atoms with van der Waals surface area (Å²) in [5.41, 5.74) is -0.916. The molecule has 0 aromatic heterocycles. The molecule has 0 atom stereocenters. The van der Waals surface area contributed by atoms with Crippen LogP contribution in [0.15, 0.2) is 6.07 Å². The van der Waals surface area contributed by atoms with Crippen molar-refractivity contribution in [1.29, 1.82) is 0 Å². The highest BCUT2D eigenvalue weighted by molar-refractivity contribution is 7.80. The molecule has 2 rings (SSSR count). The number of nitrogens with one attached hydrogen (secondary N) is 2. The van der Waals surface area contributed by atoms with Crippen LogP contribution in [0.4, 0.5) is 23.2 Å². The standard InChI is InChI=1S/C10H8F4N2S/c11-5-3-6(12)8(14)9(7(5)13)16-10(17)15-4-1-2-4/h3-4H,1-2H2,(H2,15,16,17). The highest BCUT2D eigenvalue weighted by atomic mass is 32.1. The van der Waals surface area contributed by atoms with Crippen LogP contribution >= 0.6 is 12.2 Å². The van der Waals surface area contributed by atoms with Gasteiger partial charge in [0.15, 0.2) is 28.4 Å². The molecule has 1 aromatic carbocycles. The monoisotopic (exact) mass is 264 g/mol. The average molecular weight is 264 g/mol. The normalized spacial score (nSPS) is 14.6. The molecule has 1 saturated carbocycles. The molecule has 0 amide bonds. The smallest absolute Gasteiger partial charge is 0.185 e. The maximum absolute atomic E-state index is 13.2. The summed E-state index contributed by atoms with van der Waals surface area (Å²) in [6, 6.07) is 0.312. The Hall–Kier alpha value is -1.37. The van der Waals surface area contributed by atoms with Crippen LogP contribution in [0.25, 0.3) is 0 Å². The second-order valence-electron chi connectivity index (χ2n) is 3.72. The zero-order valence-electron chi connectivity index (χ0n) is 8.49. The van der Waals surface area contributed by atoms with Crippen LogP contribution < -0.4 is 10.6 Å². The number of hydrogen-bond donors (Lipinski definition) is 2. The molecule has 1 aromatic rings. The second kappa shape index (κ2) is 4.48. The van der Waals surface area contributed by atoms with Crippen LogP contribution in [-0.2, 0) is 0 Å². The highest BCUT2D eigenvalue weighted by Gasteiger charge is 2.24. The van der Waals surface area contributed by atoms with E-state index in [4.69, 9.17) is 12.2 Å². The van der Waals surface area contributed by atoms with Gasteiger partial charge >= 0.3 is 0 Å². The van der Waals surface area contributed by atoms with E-state index in [0.29, 0.717) is 0 Å². The second-order valence-corrected chi connectivity index (χ2v) is 4.12. The van der Waals surface area contributed by atoms with Gasteiger partial charge in [0, 0.05) is 12.1 Å². The summed E-state index contributed by atoms with van der Waals surface area (Å²) < 4.78 is 52.2. The molecule has 0 radical (unpaired) electrons. The number of halogens is 4. The van der Waals surface area contributed by atoms with Crippen molar-refractivity contribution in [3.63, 3.8) is 0 Å². The molecule has 1 fully saturated rings. The Kier molecular flexibility index (Phi) is 3.19. The number of hydrogen-bond acceptors (Lipinski definition) is 1. The van der Waals surface area contributed by atoms with Crippen molar-refractivity contribution in [3.8, 4) is 0 Å². The fraction of sp³-hybridized carbons (Fsp3) is 0.300. The number of benzene rings is 1. The molecule has 1 aliphatic carbocycles. The van der Waals surface area contributed by atoms with E-state index in [1.807, 2.05) is 0 Å². The average Bonchev–Trinajstić information content (AvgIpc) is 3.05. The highest BCUT2D eigenvalue weighted by Crippen LogP contribution is 2.24. The van der Waals surface area contributed by atoms with Gasteiger partial charge in [0.1, 0.15) is 5.69 Å². The molecule has 0 aliphatic heterocycles. The van der Waals surface area contributed by atoms with Crippen molar-refractivity contribution >= 4 is 23.0 Å². The van der Waals surface area contributed by atoms with Gasteiger partial charge in [-0.2, -0.15) is 0 Å². The van der Waals surface area contributed by atoms with E-state index in [-0.39, 0.29) is 17.2 Å². The lowest BCUT2D eigenvalue weighted by atomic mass is 10.2. The van der Waals surface area contributed by atoms with Crippen molar-refractivity contribution in [2.75, 3.05) is 5.32 Å². The maximum atomic E-state index is 13.2. The SMILES string of the molecule is Fc1cc(F)c(F)c(NC(=S)NC2CC2)c1F. The van der Waals surface area contributed by atoms with Crippen LogP contribution in [0.5, 0.6) is 0 Å². The summed E-state index contributed by atoms with van der Waals surface area (Å²) in [6.45, 7) is 0. The van der Waals surface area contributed by atoms with Gasteiger partial charge < -0.3 is 10.6 Å². The van der Waals surface area contributed by atoms with Crippen LogP contribution in [0.1, 0.15) is 12.8 Å². The number of thiocarbonyl (C=S) groups is 1. The van der Waals surface area contributed by atoms with Gasteiger partial charge in [0.25, 0.3) is 0 Å². The quantitative estimate of drug-likeness (QED) is 0.488. The minimum Gasteiger partial charge on any atom is -0.360 e. The van der Waals surface area contributed by atoms with Gasteiger partial charge in [-0.3, -0.25) is 0 Å². The van der Waals surface area contributed by atoms with E-state index >= 15 is 0 Å². The van der Waals surface area contributed by atoms with E-state index in [2.05, 4.69) is 10.6 Å². The van der Waals surface area contributed by atoms with Gasteiger partial charge in [-0.1, -0.05) is 0 Å². The Morgan fingerprint density at radius 2 is 1.65 bits per heavy atom. The Morgan fingerprint density at radius 1 is 1.12 bits per heavy atom. The minimum absolute atomic E-state index is 0.0599. The van der Waals surface area contributed by atoms with Crippen molar-refractivity contribution in [2.24, 2.45) is 0 Å². The third-order valence-corrected chi connectivity index (χ3v) is 2.48. The van der Waals surface area contributed by atoms with E-state index in [1.165, 1.54) is 0 Å². The summed E-state index contributed by atoms with van der Waals surface area (Å²) in [4.78, 5) is 0. The Labute approximate surface area is 100 Å². The lowest BCUT2D eigenvalue weighted by Gasteiger charge is -2.11. The third-order valence-electron chi connectivity index (χ3n) is 2.26. The van der Waals surface area contributed by atoms with Crippen LogP contribution in [-0.4, -0.2) is 11.2 Å². The largest absolute Gasteiger partial charge is 0.360 e. The van der Waals surface area contributed by atoms with Crippen LogP contribution in [0.2, 0.25) is 0 Å². The lowest BCUT2D eigenvalue weighted by Crippen LogP contribution is -2.31. The van der Waals surface area contributed by atoms with Crippen molar-refractivity contribution in [3.05, 3.63) is 29.3 Å². The van der Waals surface area contributed by atoms with Gasteiger partial charge in [0.05, 0.1) is 0 Å². The predicted octanol–water partition coefficient (Wildman–Crippen LogP) is 2.69. The number of rotatable bonds is 2. The fourth-order valence-electron chi connectivity index (χ4n) is 1.25. The number of anilines is 1. The molecule has 7 heteroatoms. The molecular formula is C10H8F4N2S. The fourth-order valence-corrected chi connectivity index (χ4v) is 1.51. The molecule has 92 valence electrons. The zero-order valence-corrected chi connectivity index (χ0v) is 9.31. The molecule has 0 bridgehead atoms. The van der Waals surface area contributed by atoms with Gasteiger partial charge in [-0.15, -0.1) is 0 Å². The molecule has 17 heavy (non-hydrogen) atoms. The first-order chi connectivity index (χ1) is 7.99. The Morgan fingerprint density at radius 3 is 2.12 bits per heavy atom. The summed E-state index contributed by atoms with van der Waals surface area (Å²) in [7, 11) is 0. The summed E-state index contributed by atoms with van der Waals surface area (Å²) in [5, 5.41) is 4.80. The van der Waals surface area contributed by atoms with Crippen LogP contribution in [0.3, 0.4) is 0 Å². The van der Waals surface area contributed by atoms with E-state index in [0.717, 1.165) is 12.8 Å². The molecule has 0 spiro atoms. The van der Waals surface area contributed by atoms with Crippen molar-refractivity contribution in [2.45, 2.75) is 18.9 Å². The van der Waals surface area contributed by atoms with Crippen molar-refractivity contribution in [1.82, 2.24) is 5.32 Å². The van der Waals surface area contributed by atoms with E-state index in [1.54, 1.807) is 0 Å². The van der Waals surface area contributed by atoms with Gasteiger partial charge in [0.2, 0.25) is 0 Å². The molecule has 0 unspecified atom stereocenters. The first kappa shape index (κ1) is 12.1. The molecule has 2 N–H and O–H groups in total. The summed E-state index contributed by atoms with van der Waals surface area (Å²) >= 11 is 4.76. The third kappa shape index (κ3) is 2.66. The first-order valence-electron chi connectivity index (χ1n) is 4.89. The molecule has 1 aliphatic rings. The Bertz CT molecular complexity index is 448. The van der Waals surface area contributed by atoms with Gasteiger partial charge in [-0.05, 0) is 25.1 Å². The van der Waals surface area contributed by atoms with Gasteiger partial charge in [-0.25, -0.2) is 17.6 Å². The van der Waals surface area contributed by atoms with E-state index < -0.39 is 29.0 Å². The summed E-state index contributed by atoms with van der Waals surface area (Å²) in [6.07, 6.45) is 1.81. The predicted molar refractivity (Wildman–Crippen MR) is 58.7 cm³/mol. The molecule has 2 nitrogen and oxygen atoms in total. The molecule has 0 saturated heterocycles. The molecule has 0 heterocycles. The molecular weight excluding hydrogens is 256 g/mol. The minimum atomic E-state index is -1.50. The van der Waals surface area contributed by atoms with E-state index in [9.17, 15) is 17.6 Å². The zero-order chi connectivity index (χ0) is 12.6. The van der Waals surface area contributed by atoms with Crippen LogP contribution in [0, 0.1) is 23.3 Å². The van der Waals surface area contributed by atoms with Crippen molar-refractivity contribution < 1.29 is 17.6 Å². The topological polar surface area (TPSA) is 24.1 Å².